The maximum atomic E-state index is 14.8. The number of hydrogen-bond donors (Lipinski definition) is 3. The molecular formula is C36H39FN4O5. The van der Waals surface area contributed by atoms with Gasteiger partial charge in [-0.3, -0.25) is 19.2 Å². The molecule has 3 N–H and O–H groups in total. The smallest absolute Gasteiger partial charge is 0.254 e. The lowest BCUT2D eigenvalue weighted by molar-refractivity contribution is -0.135. The average Bonchev–Trinajstić information content (AvgIpc) is 3.43. The second-order valence-electron chi connectivity index (χ2n) is 11.6. The molecule has 46 heavy (non-hydrogen) atoms. The highest BCUT2D eigenvalue weighted by Crippen LogP contribution is 2.32. The molecule has 4 bridgehead atoms. The largest absolute Gasteiger partial charge is 0.507 e. The summed E-state index contributed by atoms with van der Waals surface area (Å²) >= 11 is 0. The standard InChI is InChI=1S/C36H39FN4O5/c1-3-31(41-22-29(23(2)42)26-8-4-5-9-32(26)41)36(46)40-18-6-10-34(44)38-17-15-24-11-14-33(43)27(20-24)25-12-13-30(37)28(21-25)35(45)39-16-7-19-40/h4-5,8-9,11-14,20-22,31,43H,3,6-7,10,15-19H2,1-2H3,(H,38,44)(H,39,45). The van der Waals surface area contributed by atoms with Crippen LogP contribution in [0.4, 0.5) is 4.39 Å². The fraction of sp³-hybridized carbons (Fsp3) is 0.333. The molecule has 0 saturated heterocycles. The van der Waals surface area contributed by atoms with Gasteiger partial charge in [-0.2, -0.15) is 0 Å². The van der Waals surface area contributed by atoms with Crippen molar-refractivity contribution in [2.24, 2.45) is 0 Å². The molecule has 1 aromatic heterocycles. The molecule has 2 heterocycles. The van der Waals surface area contributed by atoms with E-state index in [0.29, 0.717) is 62.0 Å². The molecule has 0 spiro atoms. The highest BCUT2D eigenvalue weighted by atomic mass is 19.1. The van der Waals surface area contributed by atoms with E-state index in [1.54, 1.807) is 29.3 Å². The van der Waals surface area contributed by atoms with Crippen LogP contribution in [0.3, 0.4) is 0 Å². The first-order chi connectivity index (χ1) is 22.2. The van der Waals surface area contributed by atoms with Crippen LogP contribution in [0.15, 0.2) is 66.9 Å². The van der Waals surface area contributed by atoms with Gasteiger partial charge in [-0.15, -0.1) is 0 Å². The van der Waals surface area contributed by atoms with Crippen molar-refractivity contribution >= 4 is 34.4 Å². The molecule has 5 rings (SSSR count). The number of rotatable bonds is 4. The normalized spacial score (nSPS) is 15.7. The summed E-state index contributed by atoms with van der Waals surface area (Å²) in [4.78, 5) is 54.0. The summed E-state index contributed by atoms with van der Waals surface area (Å²) in [5, 5.41) is 17.0. The topological polar surface area (TPSA) is 121 Å². The maximum Gasteiger partial charge on any atom is 0.254 e. The first kappa shape index (κ1) is 32.4. The third kappa shape index (κ3) is 7.11. The molecule has 10 heteroatoms. The molecule has 9 nitrogen and oxygen atoms in total. The van der Waals surface area contributed by atoms with Gasteiger partial charge in [0.15, 0.2) is 5.78 Å². The van der Waals surface area contributed by atoms with Gasteiger partial charge in [-0.05, 0) is 74.1 Å². The van der Waals surface area contributed by atoms with Crippen LogP contribution in [-0.4, -0.2) is 64.3 Å². The Hall–Kier alpha value is -4.99. The summed E-state index contributed by atoms with van der Waals surface area (Å²) in [6.07, 6.45) is 3.79. The minimum Gasteiger partial charge on any atom is -0.507 e. The number of fused-ring (bicyclic) bond motifs is 6. The molecule has 3 aromatic carbocycles. The Balaban J connectivity index is 1.39. The number of nitrogens with one attached hydrogen (secondary N) is 2. The number of para-hydroxylation sites is 1. The van der Waals surface area contributed by atoms with Gasteiger partial charge in [0.2, 0.25) is 11.8 Å². The number of benzene rings is 3. The third-order valence-electron chi connectivity index (χ3n) is 8.48. The Morgan fingerprint density at radius 2 is 1.72 bits per heavy atom. The molecule has 0 fully saturated rings. The molecule has 4 aromatic rings. The molecule has 1 aliphatic rings. The first-order valence-electron chi connectivity index (χ1n) is 15.7. The molecule has 0 saturated carbocycles. The van der Waals surface area contributed by atoms with Crippen molar-refractivity contribution in [3.8, 4) is 16.9 Å². The van der Waals surface area contributed by atoms with Crippen LogP contribution >= 0.6 is 0 Å². The van der Waals surface area contributed by atoms with Gasteiger partial charge in [-0.1, -0.05) is 37.3 Å². The fourth-order valence-corrected chi connectivity index (χ4v) is 6.05. The summed E-state index contributed by atoms with van der Waals surface area (Å²) in [7, 11) is 0. The molecule has 1 unspecified atom stereocenters. The van der Waals surface area contributed by atoms with Gasteiger partial charge in [0.25, 0.3) is 5.91 Å². The van der Waals surface area contributed by atoms with Gasteiger partial charge in [-0.25, -0.2) is 4.39 Å². The second-order valence-corrected chi connectivity index (χ2v) is 11.6. The van der Waals surface area contributed by atoms with E-state index < -0.39 is 17.8 Å². The van der Waals surface area contributed by atoms with Crippen LogP contribution in [0, 0.1) is 5.82 Å². The maximum absolute atomic E-state index is 14.8. The van der Waals surface area contributed by atoms with E-state index in [0.717, 1.165) is 16.5 Å². The predicted octanol–water partition coefficient (Wildman–Crippen LogP) is 5.41. The summed E-state index contributed by atoms with van der Waals surface area (Å²) in [5.41, 5.74) is 3.00. The number of nitrogens with zero attached hydrogens (tertiary/aromatic N) is 2. The van der Waals surface area contributed by atoms with Crippen LogP contribution in [0.25, 0.3) is 22.0 Å². The van der Waals surface area contributed by atoms with Crippen LogP contribution in [0.5, 0.6) is 5.75 Å². The fourth-order valence-electron chi connectivity index (χ4n) is 6.05. The van der Waals surface area contributed by atoms with Crippen LogP contribution in [-0.2, 0) is 16.0 Å². The minimum atomic E-state index is -0.683. The zero-order valence-corrected chi connectivity index (χ0v) is 26.1. The highest BCUT2D eigenvalue weighted by molar-refractivity contribution is 6.07. The van der Waals surface area contributed by atoms with E-state index in [9.17, 15) is 28.7 Å². The van der Waals surface area contributed by atoms with Crippen molar-refractivity contribution in [3.63, 3.8) is 0 Å². The zero-order valence-electron chi connectivity index (χ0n) is 26.1. The SMILES string of the molecule is CCC(C(=O)N1CCCNC(=O)c2cc(ccc2F)-c2cc(ccc2O)CCNC(=O)CCC1)n1cc(C(C)=O)c2ccccc21. The van der Waals surface area contributed by atoms with E-state index in [-0.39, 0.29) is 41.9 Å². The van der Waals surface area contributed by atoms with Gasteiger partial charge in [0.1, 0.15) is 17.6 Å². The molecule has 0 aliphatic carbocycles. The highest BCUT2D eigenvalue weighted by Gasteiger charge is 2.27. The molecule has 1 atom stereocenters. The number of halogens is 1. The number of carbonyl (C=O) groups excluding carboxylic acids is 4. The van der Waals surface area contributed by atoms with Gasteiger partial charge >= 0.3 is 0 Å². The van der Waals surface area contributed by atoms with Gasteiger partial charge in [0.05, 0.1) is 5.56 Å². The number of phenolic OH excluding ortho intramolecular Hbond substituents is 1. The van der Waals surface area contributed by atoms with Crippen molar-refractivity contribution in [1.82, 2.24) is 20.1 Å². The van der Waals surface area contributed by atoms with E-state index in [4.69, 9.17) is 0 Å². The lowest BCUT2D eigenvalue weighted by Crippen LogP contribution is -2.40. The van der Waals surface area contributed by atoms with E-state index in [2.05, 4.69) is 10.6 Å². The average molecular weight is 627 g/mol. The summed E-state index contributed by atoms with van der Waals surface area (Å²) < 4.78 is 16.6. The molecule has 3 amide bonds. The number of hydrogen-bond acceptors (Lipinski definition) is 5. The first-order valence-corrected chi connectivity index (χ1v) is 15.7. The van der Waals surface area contributed by atoms with Crippen molar-refractivity contribution in [1.29, 1.82) is 0 Å². The number of Topliss-reactive ketones (excluding diaryl/α,β-unsaturated/α-hetero) is 1. The van der Waals surface area contributed by atoms with Crippen molar-refractivity contribution < 1.29 is 28.7 Å². The Bertz CT molecular complexity index is 1780. The summed E-state index contributed by atoms with van der Waals surface area (Å²) in [6.45, 7) is 4.62. The number of carbonyl (C=O) groups is 4. The number of aromatic nitrogens is 1. The Morgan fingerprint density at radius 1 is 0.935 bits per heavy atom. The second kappa shape index (κ2) is 14.4. The van der Waals surface area contributed by atoms with Crippen LogP contribution < -0.4 is 10.6 Å². The molecule has 0 radical (unpaired) electrons. The summed E-state index contributed by atoms with van der Waals surface area (Å²) in [6, 6.07) is 16.1. The van der Waals surface area contributed by atoms with Crippen molar-refractivity contribution in [2.45, 2.75) is 52.0 Å². The Kier molecular flexibility index (Phi) is 10.1. The van der Waals surface area contributed by atoms with Crippen LogP contribution in [0.2, 0.25) is 0 Å². The van der Waals surface area contributed by atoms with Gasteiger partial charge in [0, 0.05) is 60.8 Å². The van der Waals surface area contributed by atoms with E-state index in [1.165, 1.54) is 25.1 Å². The Labute approximate surface area is 267 Å². The lowest BCUT2D eigenvalue weighted by Gasteiger charge is -2.28. The Morgan fingerprint density at radius 3 is 2.50 bits per heavy atom. The number of aromatic hydroxyl groups is 1. The van der Waals surface area contributed by atoms with Crippen molar-refractivity contribution in [3.05, 3.63) is 89.4 Å². The summed E-state index contributed by atoms with van der Waals surface area (Å²) in [5.74, 6) is -1.64. The molecule has 240 valence electrons. The number of amides is 3. The van der Waals surface area contributed by atoms with Crippen molar-refractivity contribution in [2.75, 3.05) is 26.2 Å². The predicted molar refractivity (Wildman–Crippen MR) is 174 cm³/mol. The quantitative estimate of drug-likeness (QED) is 0.262. The van der Waals surface area contributed by atoms with E-state index >= 15 is 0 Å². The zero-order chi connectivity index (χ0) is 32.8. The van der Waals surface area contributed by atoms with E-state index in [1.807, 2.05) is 35.8 Å². The molecular weight excluding hydrogens is 587 g/mol. The lowest BCUT2D eigenvalue weighted by atomic mass is 9.98. The third-order valence-corrected chi connectivity index (χ3v) is 8.48. The minimum absolute atomic E-state index is 0.00258. The van der Waals surface area contributed by atoms with Crippen LogP contribution in [0.1, 0.15) is 71.9 Å². The monoisotopic (exact) mass is 626 g/mol. The van der Waals surface area contributed by atoms with Gasteiger partial charge < -0.3 is 25.2 Å². The number of phenols is 1. The number of ketones is 1. The molecule has 1 aliphatic heterocycles.